The lowest BCUT2D eigenvalue weighted by atomic mass is 10.1. The molecule has 0 aliphatic carbocycles. The van der Waals surface area contributed by atoms with Gasteiger partial charge in [0.05, 0.1) is 10.7 Å². The van der Waals surface area contributed by atoms with E-state index in [1.165, 1.54) is 5.56 Å². The van der Waals surface area contributed by atoms with E-state index in [1.54, 1.807) is 30.3 Å². The first kappa shape index (κ1) is 22.7. The Morgan fingerprint density at radius 2 is 1.80 bits per heavy atom. The molecule has 0 bridgehead atoms. The minimum absolute atomic E-state index is 0.292. The number of fused-ring (bicyclic) bond motifs is 1. The van der Waals surface area contributed by atoms with E-state index in [-0.39, 0.29) is 5.91 Å². The summed E-state index contributed by atoms with van der Waals surface area (Å²) >= 11 is 6.39. The van der Waals surface area contributed by atoms with Gasteiger partial charge in [0.15, 0.2) is 5.58 Å². The predicted molar refractivity (Wildman–Crippen MR) is 139 cm³/mol. The van der Waals surface area contributed by atoms with Gasteiger partial charge in [0.25, 0.3) is 5.91 Å². The van der Waals surface area contributed by atoms with E-state index in [9.17, 15) is 4.79 Å². The predicted octanol–water partition coefficient (Wildman–Crippen LogP) is 7.54. The van der Waals surface area contributed by atoms with Crippen LogP contribution in [0.15, 0.2) is 95.4 Å². The third-order valence-corrected chi connectivity index (χ3v) is 6.00. The van der Waals surface area contributed by atoms with Crippen LogP contribution >= 0.6 is 11.6 Å². The second-order valence-corrected chi connectivity index (χ2v) is 8.53. The standard InChI is InChI=1S/C29H23ClN2O3/c1-2-19-11-14-27-26(15-19)32-29(35-27)22-12-13-24(30)25(17-22)31-28(33)21-9-6-10-23(16-21)34-18-20-7-4-3-5-8-20/h3-17H,2,18H2,1H3,(H,31,33). The van der Waals surface area contributed by atoms with Gasteiger partial charge in [-0.3, -0.25) is 4.79 Å². The first-order chi connectivity index (χ1) is 17.1. The normalized spacial score (nSPS) is 10.9. The van der Waals surface area contributed by atoms with Crippen LogP contribution in [0.3, 0.4) is 0 Å². The van der Waals surface area contributed by atoms with Crippen LogP contribution in [-0.4, -0.2) is 10.9 Å². The van der Waals surface area contributed by atoms with Crippen molar-refractivity contribution in [3.8, 4) is 17.2 Å². The molecule has 0 radical (unpaired) electrons. The molecular formula is C29H23ClN2O3. The minimum atomic E-state index is -0.292. The zero-order valence-electron chi connectivity index (χ0n) is 19.1. The Hall–Kier alpha value is -4.09. The third-order valence-electron chi connectivity index (χ3n) is 5.67. The first-order valence-electron chi connectivity index (χ1n) is 11.4. The number of anilines is 1. The molecule has 1 aromatic heterocycles. The van der Waals surface area contributed by atoms with E-state index < -0.39 is 0 Å². The van der Waals surface area contributed by atoms with Crippen LogP contribution in [0.4, 0.5) is 5.69 Å². The number of amides is 1. The van der Waals surface area contributed by atoms with Gasteiger partial charge >= 0.3 is 0 Å². The number of nitrogens with zero attached hydrogens (tertiary/aromatic N) is 1. The average molecular weight is 483 g/mol. The molecule has 0 fully saturated rings. The summed E-state index contributed by atoms with van der Waals surface area (Å²) in [5.74, 6) is 0.787. The summed E-state index contributed by atoms with van der Waals surface area (Å²) in [5.41, 5.74) is 5.41. The summed E-state index contributed by atoms with van der Waals surface area (Å²) in [6, 6.07) is 28.2. The molecular weight excluding hydrogens is 460 g/mol. The fourth-order valence-electron chi connectivity index (χ4n) is 3.73. The maximum absolute atomic E-state index is 13.0. The molecule has 5 aromatic rings. The lowest BCUT2D eigenvalue weighted by Gasteiger charge is -2.10. The molecule has 4 aromatic carbocycles. The Morgan fingerprint density at radius 1 is 0.943 bits per heavy atom. The van der Waals surface area contributed by atoms with Crippen LogP contribution in [0.25, 0.3) is 22.6 Å². The molecule has 1 N–H and O–H groups in total. The Bertz CT molecular complexity index is 1490. The molecule has 1 amide bonds. The van der Waals surface area contributed by atoms with Gasteiger partial charge in [0, 0.05) is 11.1 Å². The summed E-state index contributed by atoms with van der Waals surface area (Å²) in [4.78, 5) is 17.6. The van der Waals surface area contributed by atoms with Gasteiger partial charge in [-0.05, 0) is 66.1 Å². The van der Waals surface area contributed by atoms with Crippen LogP contribution < -0.4 is 10.1 Å². The number of aryl methyl sites for hydroxylation is 1. The topological polar surface area (TPSA) is 64.4 Å². The van der Waals surface area contributed by atoms with Crippen LogP contribution in [0.5, 0.6) is 5.75 Å². The molecule has 0 saturated carbocycles. The number of carbonyl (C=O) groups is 1. The van der Waals surface area contributed by atoms with Crippen molar-refractivity contribution < 1.29 is 13.9 Å². The van der Waals surface area contributed by atoms with Crippen molar-refractivity contribution in [3.63, 3.8) is 0 Å². The molecule has 1 heterocycles. The maximum Gasteiger partial charge on any atom is 0.255 e. The number of carbonyl (C=O) groups excluding carboxylic acids is 1. The number of benzene rings is 4. The third kappa shape index (κ3) is 5.20. The zero-order chi connectivity index (χ0) is 24.2. The highest BCUT2D eigenvalue weighted by molar-refractivity contribution is 6.34. The molecule has 6 heteroatoms. The molecule has 35 heavy (non-hydrogen) atoms. The SMILES string of the molecule is CCc1ccc2oc(-c3ccc(Cl)c(NC(=O)c4cccc(OCc5ccccc5)c4)c3)nc2c1. The van der Waals surface area contributed by atoms with Crippen molar-refractivity contribution in [2.24, 2.45) is 0 Å². The summed E-state index contributed by atoms with van der Waals surface area (Å²) in [6.07, 6.45) is 0.924. The number of hydrogen-bond donors (Lipinski definition) is 1. The Balaban J connectivity index is 1.34. The van der Waals surface area contributed by atoms with Crippen LogP contribution in [-0.2, 0) is 13.0 Å². The van der Waals surface area contributed by atoms with Gasteiger partial charge in [-0.2, -0.15) is 0 Å². The van der Waals surface area contributed by atoms with Crippen molar-refractivity contribution in [2.45, 2.75) is 20.0 Å². The Morgan fingerprint density at radius 3 is 2.63 bits per heavy atom. The number of rotatable bonds is 7. The molecule has 0 aliphatic heterocycles. The largest absolute Gasteiger partial charge is 0.489 e. The second-order valence-electron chi connectivity index (χ2n) is 8.13. The number of oxazole rings is 1. The van der Waals surface area contributed by atoms with Gasteiger partial charge in [0.2, 0.25) is 5.89 Å². The number of ether oxygens (including phenoxy) is 1. The van der Waals surface area contributed by atoms with Gasteiger partial charge in [-0.15, -0.1) is 0 Å². The van der Waals surface area contributed by atoms with Crippen LogP contribution in [0, 0.1) is 0 Å². The van der Waals surface area contributed by atoms with Crippen molar-refractivity contribution in [1.29, 1.82) is 0 Å². The van der Waals surface area contributed by atoms with E-state index >= 15 is 0 Å². The fraction of sp³-hybridized carbons (Fsp3) is 0.103. The van der Waals surface area contributed by atoms with Crippen molar-refractivity contribution in [2.75, 3.05) is 5.32 Å². The summed E-state index contributed by atoms with van der Waals surface area (Å²) in [7, 11) is 0. The van der Waals surface area contributed by atoms with Gasteiger partial charge < -0.3 is 14.5 Å². The molecule has 174 valence electrons. The van der Waals surface area contributed by atoms with Crippen molar-refractivity contribution in [1.82, 2.24) is 4.98 Å². The quantitative estimate of drug-likeness (QED) is 0.260. The lowest BCUT2D eigenvalue weighted by Crippen LogP contribution is -2.12. The number of aromatic nitrogens is 1. The molecule has 0 spiro atoms. The number of halogens is 1. The molecule has 0 atom stereocenters. The average Bonchev–Trinajstić information content (AvgIpc) is 3.33. The molecule has 0 aliphatic rings. The van der Waals surface area contributed by atoms with Crippen molar-refractivity contribution >= 4 is 34.3 Å². The van der Waals surface area contributed by atoms with Gasteiger partial charge in [-0.25, -0.2) is 4.98 Å². The summed E-state index contributed by atoms with van der Waals surface area (Å²) in [5, 5.41) is 3.31. The highest BCUT2D eigenvalue weighted by Gasteiger charge is 2.14. The van der Waals surface area contributed by atoms with E-state index in [0.29, 0.717) is 40.1 Å². The molecule has 0 saturated heterocycles. The van der Waals surface area contributed by atoms with E-state index in [0.717, 1.165) is 23.1 Å². The first-order valence-corrected chi connectivity index (χ1v) is 11.7. The monoisotopic (exact) mass is 482 g/mol. The van der Waals surface area contributed by atoms with E-state index in [1.807, 2.05) is 60.7 Å². The Kier molecular flexibility index (Phi) is 6.51. The zero-order valence-corrected chi connectivity index (χ0v) is 19.9. The Labute approximate surface area is 208 Å². The van der Waals surface area contributed by atoms with Crippen molar-refractivity contribution in [3.05, 3.63) is 113 Å². The lowest BCUT2D eigenvalue weighted by molar-refractivity contribution is 0.102. The molecule has 5 nitrogen and oxygen atoms in total. The highest BCUT2D eigenvalue weighted by Crippen LogP contribution is 2.31. The number of nitrogens with one attached hydrogen (secondary N) is 1. The van der Waals surface area contributed by atoms with Crippen LogP contribution in [0.1, 0.15) is 28.4 Å². The summed E-state index contributed by atoms with van der Waals surface area (Å²) in [6.45, 7) is 2.52. The minimum Gasteiger partial charge on any atom is -0.489 e. The van der Waals surface area contributed by atoms with E-state index in [4.69, 9.17) is 20.8 Å². The fourth-order valence-corrected chi connectivity index (χ4v) is 3.90. The second kappa shape index (κ2) is 10.0. The van der Waals surface area contributed by atoms with Gasteiger partial charge in [0.1, 0.15) is 17.9 Å². The van der Waals surface area contributed by atoms with Crippen LogP contribution in [0.2, 0.25) is 5.02 Å². The number of hydrogen-bond acceptors (Lipinski definition) is 4. The smallest absolute Gasteiger partial charge is 0.255 e. The highest BCUT2D eigenvalue weighted by atomic mass is 35.5. The summed E-state index contributed by atoms with van der Waals surface area (Å²) < 4.78 is 11.8. The maximum atomic E-state index is 13.0. The molecule has 0 unspecified atom stereocenters. The van der Waals surface area contributed by atoms with Gasteiger partial charge in [-0.1, -0.05) is 61.0 Å². The molecule has 5 rings (SSSR count). The van der Waals surface area contributed by atoms with E-state index in [2.05, 4.69) is 17.2 Å².